The molecule has 0 saturated carbocycles. The van der Waals surface area contributed by atoms with E-state index in [9.17, 15) is 0 Å². The Hall–Kier alpha value is 1.83. The Bertz CT molecular complexity index is 8.00. The minimum Gasteiger partial charge on any atom is 0 e. The van der Waals surface area contributed by atoms with E-state index in [1.807, 2.05) is 0 Å². The van der Waals surface area contributed by atoms with Gasteiger partial charge in [-0.3, -0.25) is 0 Å². The zero-order valence-electron chi connectivity index (χ0n) is 1.67. The molecule has 0 N–H and O–H groups in total. The van der Waals surface area contributed by atoms with E-state index in [1.165, 1.54) is 0 Å². The van der Waals surface area contributed by atoms with Crippen molar-refractivity contribution in [2.24, 2.45) is 0 Å². The fourth-order valence-corrected chi connectivity index (χ4v) is 0. The quantitative estimate of drug-likeness (QED) is 0.525. The van der Waals surface area contributed by atoms with Crippen molar-refractivity contribution in [2.45, 2.75) is 0 Å². The first kappa shape index (κ1) is 17.0. The molecule has 0 spiro atoms. The van der Waals surface area contributed by atoms with Crippen LogP contribution in [0.15, 0.2) is 0 Å². The molecule has 0 atom stereocenters. The second kappa shape index (κ2) is 21.2. The van der Waals surface area contributed by atoms with Crippen LogP contribution in [0, 0.1) is 0 Å². The number of hydrogen-bond acceptors (Lipinski definition) is 1. The Balaban J connectivity index is -0.00000000500. The predicted octanol–water partition coefficient (Wildman–Crippen LogP) is -0.505. The molecule has 0 aliphatic rings. The second-order valence-corrected chi connectivity index (χ2v) is 0. The zero-order valence-corrected chi connectivity index (χ0v) is 6.77. The molecule has 0 unspecified atom stereocenters. The Morgan fingerprint density at radius 1 is 1.25 bits per heavy atom. The number of rotatable bonds is 0. The fraction of sp³-hybridized carbons (Fsp3) is 0. The summed E-state index contributed by atoms with van der Waals surface area (Å²) in [6.07, 6.45) is 0. The number of hydrogen-bond donors (Lipinski definition) is 0. The van der Waals surface area contributed by atoms with Crippen LogP contribution in [0.3, 0.4) is 0 Å². The summed E-state index contributed by atoms with van der Waals surface area (Å²) in [5, 5.41) is 0. The predicted molar refractivity (Wildman–Crippen MR) is 6.44 cm³/mol. The van der Waals surface area contributed by atoms with Gasteiger partial charge in [0.25, 0.3) is 0 Å². The maximum Gasteiger partial charge on any atom is 0 e. The second-order valence-electron chi connectivity index (χ2n) is 0. The summed E-state index contributed by atoms with van der Waals surface area (Å²) in [5.41, 5.74) is 0. The van der Waals surface area contributed by atoms with Gasteiger partial charge in [0.05, 0.1) is 0 Å². The van der Waals surface area contributed by atoms with Crippen LogP contribution in [-0.2, 0) is 41.2 Å². The van der Waals surface area contributed by atoms with Crippen LogP contribution >= 0.6 is 0 Å². The molecule has 1 nitrogen and oxygen atoms in total. The van der Waals surface area contributed by atoms with Crippen LogP contribution in [0.25, 0.3) is 0 Å². The van der Waals surface area contributed by atoms with Gasteiger partial charge in [-0.05, 0) is 0 Å². The monoisotopic (exact) mass is 243 g/mol. The van der Waals surface area contributed by atoms with Gasteiger partial charge in [0.2, 0.25) is 0 Å². The third-order valence-corrected chi connectivity index (χ3v) is 0. The van der Waals surface area contributed by atoms with Gasteiger partial charge in [0.15, 0.2) is 0 Å². The summed E-state index contributed by atoms with van der Waals surface area (Å²) < 4.78 is 8.30. The first-order valence-electron chi connectivity index (χ1n) is 0.183. The Labute approximate surface area is 63.6 Å². The maximum atomic E-state index is 8.30. The minimum atomic E-state index is 0. The molecule has 0 rings (SSSR count). The average molecular weight is 244 g/mol. The van der Waals surface area contributed by atoms with Crippen LogP contribution in [0.4, 0.5) is 0 Å². The van der Waals surface area contributed by atoms with E-state index in [0.29, 0.717) is 23.0 Å². The van der Waals surface area contributed by atoms with Gasteiger partial charge >= 0.3 is 26.0 Å². The molecule has 0 bridgehead atoms. The minimum absolute atomic E-state index is 0. The first-order valence-corrected chi connectivity index (χ1v) is 1.22. The SMILES string of the molecule is [Ni].[O]=[Sb].[Ti]. The molecule has 0 amide bonds. The van der Waals surface area contributed by atoms with Gasteiger partial charge in [-0.25, -0.2) is 0 Å². The Kier molecular flexibility index (Phi) is 90.0. The van der Waals surface area contributed by atoms with E-state index < -0.39 is 0 Å². The maximum absolute atomic E-state index is 8.30. The van der Waals surface area contributed by atoms with Crippen LogP contribution in [0.1, 0.15) is 0 Å². The van der Waals surface area contributed by atoms with E-state index in [1.54, 1.807) is 0 Å². The van der Waals surface area contributed by atoms with E-state index in [-0.39, 0.29) is 38.2 Å². The van der Waals surface area contributed by atoms with Gasteiger partial charge in [-0.15, -0.1) is 0 Å². The van der Waals surface area contributed by atoms with Crippen molar-refractivity contribution >= 4 is 23.0 Å². The Morgan fingerprint density at radius 3 is 1.25 bits per heavy atom. The third-order valence-electron chi connectivity index (χ3n) is 0. The van der Waals surface area contributed by atoms with E-state index in [2.05, 4.69) is 0 Å². The summed E-state index contributed by atoms with van der Waals surface area (Å²) in [4.78, 5) is 0. The van der Waals surface area contributed by atoms with Crippen LogP contribution in [0.2, 0.25) is 0 Å². The molecule has 0 aromatic heterocycles. The van der Waals surface area contributed by atoms with E-state index >= 15 is 0 Å². The summed E-state index contributed by atoms with van der Waals surface area (Å²) in [7, 11) is 0. The molecule has 4 heavy (non-hydrogen) atoms. The molecule has 0 fully saturated rings. The molecule has 0 aliphatic carbocycles. The third kappa shape index (κ3) is 9.16. The van der Waals surface area contributed by atoms with Crippen molar-refractivity contribution in [2.75, 3.05) is 0 Å². The van der Waals surface area contributed by atoms with E-state index in [4.69, 9.17) is 3.02 Å². The standard InChI is InChI=1S/Ni.O.Sb.Ti. The summed E-state index contributed by atoms with van der Waals surface area (Å²) >= 11 is 0.500. The zero-order chi connectivity index (χ0) is 2.00. The molecule has 25 valence electrons. The van der Waals surface area contributed by atoms with Crippen LogP contribution in [0.5, 0.6) is 0 Å². The first-order chi connectivity index (χ1) is 1.00. The Morgan fingerprint density at radius 2 is 1.25 bits per heavy atom. The van der Waals surface area contributed by atoms with Gasteiger partial charge < -0.3 is 0 Å². The van der Waals surface area contributed by atoms with Crippen LogP contribution < -0.4 is 0 Å². The van der Waals surface area contributed by atoms with Gasteiger partial charge in [0.1, 0.15) is 0 Å². The molecule has 0 heterocycles. The van der Waals surface area contributed by atoms with Crippen LogP contribution in [-0.4, -0.2) is 23.0 Å². The summed E-state index contributed by atoms with van der Waals surface area (Å²) in [6, 6.07) is 0. The summed E-state index contributed by atoms with van der Waals surface area (Å²) in [6.45, 7) is 0. The van der Waals surface area contributed by atoms with Gasteiger partial charge in [-0.1, -0.05) is 0 Å². The molecule has 0 aliphatic heterocycles. The largest absolute Gasteiger partial charge is 0 e. The molecule has 0 saturated heterocycles. The van der Waals surface area contributed by atoms with Crippen molar-refractivity contribution in [1.29, 1.82) is 0 Å². The van der Waals surface area contributed by atoms with Crippen molar-refractivity contribution < 1.29 is 41.2 Å². The van der Waals surface area contributed by atoms with Gasteiger partial charge in [0, 0.05) is 38.2 Å². The van der Waals surface area contributed by atoms with Gasteiger partial charge in [-0.2, -0.15) is 0 Å². The smallest absolute Gasteiger partial charge is 0 e. The van der Waals surface area contributed by atoms with Crippen molar-refractivity contribution in [3.8, 4) is 0 Å². The summed E-state index contributed by atoms with van der Waals surface area (Å²) in [5.74, 6) is 0. The normalized spacial score (nSPS) is 1.00. The molecule has 1 radical (unpaired) electrons. The topological polar surface area (TPSA) is 17.1 Å². The molecular weight excluding hydrogens is 244 g/mol. The van der Waals surface area contributed by atoms with Crippen molar-refractivity contribution in [3.63, 3.8) is 0 Å². The average Bonchev–Trinajstić information content (AvgIpc) is 1.00. The molecule has 0 aromatic rings. The van der Waals surface area contributed by atoms with Crippen molar-refractivity contribution in [3.05, 3.63) is 0 Å². The molecular formula is NiOSbTi. The molecule has 0 aromatic carbocycles. The van der Waals surface area contributed by atoms with Crippen molar-refractivity contribution in [1.82, 2.24) is 0 Å². The van der Waals surface area contributed by atoms with E-state index in [0.717, 1.165) is 0 Å². The molecule has 4 heteroatoms. The fourth-order valence-electron chi connectivity index (χ4n) is 0.